The highest BCUT2D eigenvalue weighted by molar-refractivity contribution is 7.45. The number of carbonyl (C=O) groups is 1. The topological polar surface area (TPSA) is 108 Å². The van der Waals surface area contributed by atoms with E-state index in [9.17, 15) is 19.4 Å². The standard InChI is InChI=1S/C68H117N2O6P/c1-6-8-10-12-14-16-18-20-22-24-26-28-30-32-34-36-37-39-41-43-45-47-49-51-53-55-57-59-61-67(71)66(65-76-77(73,74)75-64-63-70(3,4)5)69-68(72)62-60-58-56-54-52-50-48-46-44-42-40-38-35-33-31-29-27-25-23-21-19-17-15-13-11-9-7-2/h9,11,15,17,21,23,27,29,33,35,40,42-43,45-46,48,51-54,59,61,66-67,71H,6-8,10,12-14,16,18-20,22,24-26,28,30-32,34,36-39,41,44,47,49-50,55-58,60,62-65H2,1-5H3,(H-,69,72,73,74)/b11-9-,17-15-,23-21-,29-27-,35-33-,42-40-,45-43+,48-46-,53-51+,54-52-,61-59+. The van der Waals surface area contributed by atoms with Gasteiger partial charge in [0.2, 0.25) is 5.91 Å². The number of phosphoric acid groups is 1. The molecule has 3 unspecified atom stereocenters. The predicted octanol–water partition coefficient (Wildman–Crippen LogP) is 18.9. The zero-order valence-corrected chi connectivity index (χ0v) is 51.0. The van der Waals surface area contributed by atoms with Gasteiger partial charge < -0.3 is 28.8 Å². The third-order valence-electron chi connectivity index (χ3n) is 13.1. The summed E-state index contributed by atoms with van der Waals surface area (Å²) in [5.41, 5.74) is 0. The number of aliphatic hydroxyl groups excluding tert-OH is 1. The minimum absolute atomic E-state index is 0.0255. The number of rotatable bonds is 55. The molecule has 0 rings (SSSR count). The van der Waals surface area contributed by atoms with Crippen molar-refractivity contribution in [2.75, 3.05) is 40.9 Å². The van der Waals surface area contributed by atoms with E-state index < -0.39 is 26.6 Å². The fourth-order valence-electron chi connectivity index (χ4n) is 8.26. The summed E-state index contributed by atoms with van der Waals surface area (Å²) >= 11 is 0. The lowest BCUT2D eigenvalue weighted by atomic mass is 10.0. The molecule has 9 heteroatoms. The molecule has 0 saturated heterocycles. The number of hydrogen-bond donors (Lipinski definition) is 2. The molecule has 0 aliphatic rings. The molecule has 2 N–H and O–H groups in total. The van der Waals surface area contributed by atoms with Gasteiger partial charge in [0.1, 0.15) is 13.2 Å². The van der Waals surface area contributed by atoms with E-state index in [4.69, 9.17) is 9.05 Å². The molecule has 0 aromatic heterocycles. The Kier molecular flexibility index (Phi) is 54.8. The van der Waals surface area contributed by atoms with Gasteiger partial charge in [0.25, 0.3) is 7.82 Å². The number of carbonyl (C=O) groups excluding carboxylic acids is 1. The van der Waals surface area contributed by atoms with Crippen molar-refractivity contribution in [3.63, 3.8) is 0 Å². The molecule has 77 heavy (non-hydrogen) atoms. The van der Waals surface area contributed by atoms with Gasteiger partial charge in [-0.05, 0) is 109 Å². The Bertz CT molecular complexity index is 1710. The first-order valence-corrected chi connectivity index (χ1v) is 32.5. The van der Waals surface area contributed by atoms with Gasteiger partial charge in [0.15, 0.2) is 0 Å². The van der Waals surface area contributed by atoms with Gasteiger partial charge in [-0.1, -0.05) is 257 Å². The van der Waals surface area contributed by atoms with E-state index in [1.807, 2.05) is 27.2 Å². The van der Waals surface area contributed by atoms with Gasteiger partial charge in [0, 0.05) is 6.42 Å². The minimum Gasteiger partial charge on any atom is -0.756 e. The summed E-state index contributed by atoms with van der Waals surface area (Å²) in [6, 6.07) is -0.945. The van der Waals surface area contributed by atoms with Crippen molar-refractivity contribution >= 4 is 13.7 Å². The van der Waals surface area contributed by atoms with Crippen LogP contribution in [0.1, 0.15) is 239 Å². The van der Waals surface area contributed by atoms with Crippen LogP contribution in [-0.2, 0) is 18.4 Å². The summed E-state index contributed by atoms with van der Waals surface area (Å²) < 4.78 is 23.3. The number of unbranched alkanes of at least 4 members (excludes halogenated alkanes) is 22. The molecule has 0 aromatic rings. The van der Waals surface area contributed by atoms with Crippen LogP contribution >= 0.6 is 7.82 Å². The summed E-state index contributed by atoms with van der Waals surface area (Å²) in [4.78, 5) is 25.5. The van der Waals surface area contributed by atoms with Crippen molar-refractivity contribution in [3.05, 3.63) is 134 Å². The lowest BCUT2D eigenvalue weighted by Gasteiger charge is -2.29. The average Bonchev–Trinajstić information content (AvgIpc) is 3.39. The number of nitrogens with zero attached hydrogens (tertiary/aromatic N) is 1. The maximum absolute atomic E-state index is 13.0. The molecule has 0 heterocycles. The molecule has 0 bridgehead atoms. The third kappa shape index (κ3) is 60.1. The summed E-state index contributed by atoms with van der Waals surface area (Å²) in [6.07, 6.45) is 87.0. The van der Waals surface area contributed by atoms with Crippen LogP contribution in [0.2, 0.25) is 0 Å². The second kappa shape index (κ2) is 57.3. The van der Waals surface area contributed by atoms with Crippen LogP contribution in [0.5, 0.6) is 0 Å². The van der Waals surface area contributed by atoms with E-state index in [1.165, 1.54) is 122 Å². The normalized spacial score (nSPS) is 14.7. The molecule has 440 valence electrons. The summed E-state index contributed by atoms with van der Waals surface area (Å²) in [7, 11) is 1.19. The van der Waals surface area contributed by atoms with Crippen LogP contribution in [0.15, 0.2) is 134 Å². The van der Waals surface area contributed by atoms with Gasteiger partial charge in [0.05, 0.1) is 39.9 Å². The van der Waals surface area contributed by atoms with E-state index in [0.29, 0.717) is 23.9 Å². The smallest absolute Gasteiger partial charge is 0.268 e. The molecule has 0 saturated carbocycles. The number of quaternary nitrogens is 1. The van der Waals surface area contributed by atoms with Gasteiger partial charge in [-0.15, -0.1) is 0 Å². The van der Waals surface area contributed by atoms with Crippen molar-refractivity contribution in [2.24, 2.45) is 0 Å². The Labute approximate surface area is 475 Å². The molecule has 0 fully saturated rings. The van der Waals surface area contributed by atoms with E-state index in [1.54, 1.807) is 6.08 Å². The maximum Gasteiger partial charge on any atom is 0.268 e. The first-order valence-electron chi connectivity index (χ1n) is 31.0. The van der Waals surface area contributed by atoms with E-state index in [-0.39, 0.29) is 18.9 Å². The van der Waals surface area contributed by atoms with E-state index in [2.05, 4.69) is 141 Å². The Morgan fingerprint density at radius 2 is 0.805 bits per heavy atom. The third-order valence-corrected chi connectivity index (χ3v) is 14.0. The van der Waals surface area contributed by atoms with Crippen molar-refractivity contribution in [2.45, 2.75) is 251 Å². The van der Waals surface area contributed by atoms with Gasteiger partial charge in [-0.2, -0.15) is 0 Å². The lowest BCUT2D eigenvalue weighted by molar-refractivity contribution is -0.870. The van der Waals surface area contributed by atoms with Crippen LogP contribution in [0.25, 0.3) is 0 Å². The SMILES string of the molecule is CC/C=C\C/C=C\C/C=C\C/C=C\C/C=C\C/C=C\C/C=C\C/C=C\CCCCC(=O)NC(COP(=O)([O-])OCC[N+](C)(C)C)C(O)/C=C/CC/C=C/CC/C=C/CCCCCCCCCCCCCCCCCCCC. The van der Waals surface area contributed by atoms with E-state index >= 15 is 0 Å². The van der Waals surface area contributed by atoms with Crippen LogP contribution in [0.3, 0.4) is 0 Å². The number of phosphoric ester groups is 1. The first kappa shape index (κ1) is 73.6. The highest BCUT2D eigenvalue weighted by atomic mass is 31.2. The minimum atomic E-state index is -4.64. The van der Waals surface area contributed by atoms with Crippen LogP contribution in [0, 0.1) is 0 Å². The zero-order valence-electron chi connectivity index (χ0n) is 50.1. The predicted molar refractivity (Wildman–Crippen MR) is 334 cm³/mol. The molecule has 3 atom stereocenters. The molecule has 0 spiro atoms. The monoisotopic (exact) mass is 1090 g/mol. The summed E-state index contributed by atoms with van der Waals surface area (Å²) in [5.74, 6) is -0.258. The fraction of sp³-hybridized carbons (Fsp3) is 0.662. The van der Waals surface area contributed by atoms with Crippen molar-refractivity contribution in [1.29, 1.82) is 0 Å². The lowest BCUT2D eigenvalue weighted by Crippen LogP contribution is -2.45. The molecule has 0 radical (unpaired) electrons. The largest absolute Gasteiger partial charge is 0.756 e. The Morgan fingerprint density at radius 3 is 1.21 bits per heavy atom. The highest BCUT2D eigenvalue weighted by Crippen LogP contribution is 2.38. The Morgan fingerprint density at radius 1 is 0.468 bits per heavy atom. The summed E-state index contributed by atoms with van der Waals surface area (Å²) in [6.45, 7) is 4.47. The first-order chi connectivity index (χ1) is 37.5. The number of amides is 1. The number of nitrogens with one attached hydrogen (secondary N) is 1. The number of hydrogen-bond acceptors (Lipinski definition) is 6. The molecule has 1 amide bonds. The molecule has 0 aromatic carbocycles. The van der Waals surface area contributed by atoms with Crippen molar-refractivity contribution < 1.29 is 32.9 Å². The molecule has 0 aliphatic heterocycles. The zero-order chi connectivity index (χ0) is 56.3. The second-order valence-electron chi connectivity index (χ2n) is 21.7. The Balaban J connectivity index is 4.37. The number of allylic oxidation sites excluding steroid dienone is 21. The van der Waals surface area contributed by atoms with E-state index in [0.717, 1.165) is 83.5 Å². The maximum atomic E-state index is 13.0. The van der Waals surface area contributed by atoms with Gasteiger partial charge in [-0.25, -0.2) is 0 Å². The molecular weight excluding hydrogens is 972 g/mol. The molecule has 0 aliphatic carbocycles. The van der Waals surface area contributed by atoms with Crippen LogP contribution < -0.4 is 10.2 Å². The van der Waals surface area contributed by atoms with Crippen LogP contribution in [-0.4, -0.2) is 68.5 Å². The quantitative estimate of drug-likeness (QED) is 0.0272. The number of likely N-dealkylation sites (N-methyl/N-ethyl adjacent to an activating group) is 1. The summed E-state index contributed by atoms with van der Waals surface area (Å²) in [5, 5.41) is 13.9. The fourth-order valence-corrected chi connectivity index (χ4v) is 8.98. The Hall–Kier alpha value is -3.36. The highest BCUT2D eigenvalue weighted by Gasteiger charge is 2.23. The number of aliphatic hydroxyl groups is 1. The van der Waals surface area contributed by atoms with Gasteiger partial charge >= 0.3 is 0 Å². The molecular formula is C68H117N2O6P. The van der Waals surface area contributed by atoms with Gasteiger partial charge in [-0.3, -0.25) is 9.36 Å². The van der Waals surface area contributed by atoms with Crippen molar-refractivity contribution in [3.8, 4) is 0 Å². The molecule has 8 nitrogen and oxygen atoms in total. The average molecular weight is 1090 g/mol. The van der Waals surface area contributed by atoms with Crippen molar-refractivity contribution in [1.82, 2.24) is 5.32 Å². The van der Waals surface area contributed by atoms with Crippen LogP contribution in [0.4, 0.5) is 0 Å². The second-order valence-corrected chi connectivity index (χ2v) is 23.1.